The maximum Gasteiger partial charge on any atom is 0.137 e. The molecule has 4 unspecified atom stereocenters. The summed E-state index contributed by atoms with van der Waals surface area (Å²) in [7, 11) is 3.69. The molecule has 3 rings (SSSR count). The Bertz CT molecular complexity index is 424. The monoisotopic (exact) mass is 248 g/mol. The molecule has 1 aromatic rings. The van der Waals surface area contributed by atoms with Gasteiger partial charge in [0, 0.05) is 18.2 Å². The van der Waals surface area contributed by atoms with E-state index in [9.17, 15) is 0 Å². The van der Waals surface area contributed by atoms with Gasteiger partial charge in [-0.15, -0.1) is 0 Å². The van der Waals surface area contributed by atoms with Crippen molar-refractivity contribution in [3.05, 3.63) is 24.0 Å². The fourth-order valence-corrected chi connectivity index (χ4v) is 3.37. The van der Waals surface area contributed by atoms with Crippen molar-refractivity contribution in [2.75, 3.05) is 14.2 Å². The third-order valence-electron chi connectivity index (χ3n) is 4.22. The van der Waals surface area contributed by atoms with E-state index in [1.807, 2.05) is 13.2 Å². The fourth-order valence-electron chi connectivity index (χ4n) is 3.37. The van der Waals surface area contributed by atoms with Crippen molar-refractivity contribution >= 4 is 0 Å². The highest BCUT2D eigenvalue weighted by molar-refractivity contribution is 5.27. The van der Waals surface area contributed by atoms with Crippen LogP contribution >= 0.6 is 0 Å². The van der Waals surface area contributed by atoms with Crippen LogP contribution in [0.1, 0.15) is 30.9 Å². The van der Waals surface area contributed by atoms with Crippen LogP contribution in [-0.4, -0.2) is 31.3 Å². The van der Waals surface area contributed by atoms with Crippen LogP contribution < -0.4 is 10.1 Å². The lowest BCUT2D eigenvalue weighted by Crippen LogP contribution is -2.31. The molecule has 18 heavy (non-hydrogen) atoms. The summed E-state index contributed by atoms with van der Waals surface area (Å²) < 4.78 is 11.2. The molecule has 2 fully saturated rings. The van der Waals surface area contributed by atoms with E-state index in [0.29, 0.717) is 24.2 Å². The van der Waals surface area contributed by atoms with Gasteiger partial charge in [-0.05, 0) is 37.9 Å². The van der Waals surface area contributed by atoms with Gasteiger partial charge in [0.1, 0.15) is 5.75 Å². The molecule has 98 valence electrons. The van der Waals surface area contributed by atoms with Crippen LogP contribution in [-0.2, 0) is 4.74 Å². The molecule has 0 saturated carbocycles. The largest absolute Gasteiger partial charge is 0.495 e. The molecule has 2 saturated heterocycles. The van der Waals surface area contributed by atoms with Crippen molar-refractivity contribution in [1.82, 2.24) is 10.3 Å². The van der Waals surface area contributed by atoms with Gasteiger partial charge in [0.05, 0.1) is 25.5 Å². The Morgan fingerprint density at radius 2 is 2.33 bits per heavy atom. The summed E-state index contributed by atoms with van der Waals surface area (Å²) >= 11 is 0. The van der Waals surface area contributed by atoms with Gasteiger partial charge in [-0.2, -0.15) is 0 Å². The minimum Gasteiger partial charge on any atom is -0.495 e. The van der Waals surface area contributed by atoms with E-state index in [1.54, 1.807) is 13.3 Å². The number of hydrogen-bond acceptors (Lipinski definition) is 4. The summed E-state index contributed by atoms with van der Waals surface area (Å²) in [5.41, 5.74) is 1.19. The summed E-state index contributed by atoms with van der Waals surface area (Å²) in [5, 5.41) is 3.42. The minimum absolute atomic E-state index is 0.308. The highest BCUT2D eigenvalue weighted by Crippen LogP contribution is 2.44. The first kappa shape index (κ1) is 11.9. The first-order valence-corrected chi connectivity index (χ1v) is 6.63. The van der Waals surface area contributed by atoms with Crippen LogP contribution in [0.5, 0.6) is 5.75 Å². The average Bonchev–Trinajstić information content (AvgIpc) is 3.02. The van der Waals surface area contributed by atoms with Crippen molar-refractivity contribution < 1.29 is 9.47 Å². The molecule has 4 atom stereocenters. The molecule has 0 spiro atoms. The van der Waals surface area contributed by atoms with Crippen molar-refractivity contribution in [3.63, 3.8) is 0 Å². The SMILES string of the molecule is CNC(c1cncc(OC)c1)C1CC2CCC1O2. The molecule has 2 aliphatic heterocycles. The van der Waals surface area contributed by atoms with E-state index in [-0.39, 0.29) is 0 Å². The Labute approximate surface area is 108 Å². The molecule has 4 heteroatoms. The Balaban J connectivity index is 1.83. The second-order valence-electron chi connectivity index (χ2n) is 5.20. The fraction of sp³-hybridized carbons (Fsp3) is 0.643. The summed E-state index contributed by atoms with van der Waals surface area (Å²) in [4.78, 5) is 4.25. The van der Waals surface area contributed by atoms with E-state index < -0.39 is 0 Å². The third kappa shape index (κ3) is 1.99. The first-order valence-electron chi connectivity index (χ1n) is 6.63. The Kier molecular flexibility index (Phi) is 3.22. The van der Waals surface area contributed by atoms with Gasteiger partial charge in [-0.3, -0.25) is 4.98 Å². The van der Waals surface area contributed by atoms with Crippen molar-refractivity contribution in [1.29, 1.82) is 0 Å². The van der Waals surface area contributed by atoms with Gasteiger partial charge in [-0.25, -0.2) is 0 Å². The van der Waals surface area contributed by atoms with Crippen LogP contribution in [0.3, 0.4) is 0 Å². The maximum atomic E-state index is 5.95. The topological polar surface area (TPSA) is 43.4 Å². The number of methoxy groups -OCH3 is 1. The van der Waals surface area contributed by atoms with Crippen molar-refractivity contribution in [2.45, 2.75) is 37.5 Å². The van der Waals surface area contributed by atoms with E-state index in [0.717, 1.165) is 12.2 Å². The van der Waals surface area contributed by atoms with Gasteiger partial charge in [0.25, 0.3) is 0 Å². The number of nitrogens with one attached hydrogen (secondary N) is 1. The highest BCUT2D eigenvalue weighted by atomic mass is 16.5. The number of ether oxygens (including phenoxy) is 2. The molecule has 0 aromatic carbocycles. The maximum absolute atomic E-state index is 5.95. The number of fused-ring (bicyclic) bond motifs is 2. The van der Waals surface area contributed by atoms with Gasteiger partial charge in [-0.1, -0.05) is 0 Å². The zero-order chi connectivity index (χ0) is 12.5. The smallest absolute Gasteiger partial charge is 0.137 e. The third-order valence-corrected chi connectivity index (χ3v) is 4.22. The predicted octanol–water partition coefficient (Wildman–Crippen LogP) is 1.92. The van der Waals surface area contributed by atoms with Crippen molar-refractivity contribution in [3.8, 4) is 5.75 Å². The van der Waals surface area contributed by atoms with Crippen LogP contribution in [0.25, 0.3) is 0 Å². The molecule has 0 radical (unpaired) electrons. The highest BCUT2D eigenvalue weighted by Gasteiger charge is 2.44. The Hall–Kier alpha value is -1.13. The van der Waals surface area contributed by atoms with E-state index in [4.69, 9.17) is 9.47 Å². The second kappa shape index (κ2) is 4.86. The molecule has 3 heterocycles. The normalized spacial score (nSPS) is 31.6. The average molecular weight is 248 g/mol. The Morgan fingerprint density at radius 1 is 1.44 bits per heavy atom. The molecule has 0 aliphatic carbocycles. The zero-order valence-corrected chi connectivity index (χ0v) is 10.9. The molecule has 4 nitrogen and oxygen atoms in total. The van der Waals surface area contributed by atoms with Gasteiger partial charge >= 0.3 is 0 Å². The lowest BCUT2D eigenvalue weighted by atomic mass is 9.81. The lowest BCUT2D eigenvalue weighted by molar-refractivity contribution is 0.0862. The summed E-state index contributed by atoms with van der Waals surface area (Å²) in [6.45, 7) is 0. The van der Waals surface area contributed by atoms with Crippen molar-refractivity contribution in [2.24, 2.45) is 5.92 Å². The summed E-state index contributed by atoms with van der Waals surface area (Å²) in [6.07, 6.45) is 8.16. The quantitative estimate of drug-likeness (QED) is 0.884. The van der Waals surface area contributed by atoms with Crippen LogP contribution in [0.2, 0.25) is 0 Å². The number of hydrogen-bond donors (Lipinski definition) is 1. The molecule has 2 bridgehead atoms. The van der Waals surface area contributed by atoms with Gasteiger partial charge in [0.2, 0.25) is 0 Å². The molecule has 1 N–H and O–H groups in total. The molecule has 2 aliphatic rings. The Morgan fingerprint density at radius 3 is 2.94 bits per heavy atom. The molecular formula is C14H20N2O2. The number of rotatable bonds is 4. The first-order chi connectivity index (χ1) is 8.81. The number of pyridine rings is 1. The molecule has 1 aromatic heterocycles. The summed E-state index contributed by atoms with van der Waals surface area (Å²) in [6, 6.07) is 2.38. The molecule has 0 amide bonds. The van der Waals surface area contributed by atoms with E-state index in [2.05, 4.69) is 16.4 Å². The number of nitrogens with zero attached hydrogens (tertiary/aromatic N) is 1. The minimum atomic E-state index is 0.308. The standard InChI is InChI=1S/C14H20N2O2/c1-15-14(9-5-11(17-2)8-16-7-9)12-6-10-3-4-13(12)18-10/h5,7-8,10,12-15H,3-4,6H2,1-2H3. The van der Waals surface area contributed by atoms with Crippen LogP contribution in [0.4, 0.5) is 0 Å². The van der Waals surface area contributed by atoms with Crippen LogP contribution in [0.15, 0.2) is 18.5 Å². The van der Waals surface area contributed by atoms with Gasteiger partial charge < -0.3 is 14.8 Å². The van der Waals surface area contributed by atoms with Gasteiger partial charge in [0.15, 0.2) is 0 Å². The van der Waals surface area contributed by atoms with E-state index >= 15 is 0 Å². The van der Waals surface area contributed by atoms with Crippen LogP contribution in [0, 0.1) is 5.92 Å². The summed E-state index contributed by atoms with van der Waals surface area (Å²) in [5.74, 6) is 1.37. The zero-order valence-electron chi connectivity index (χ0n) is 10.9. The molecular weight excluding hydrogens is 228 g/mol. The predicted molar refractivity (Wildman–Crippen MR) is 68.6 cm³/mol. The lowest BCUT2D eigenvalue weighted by Gasteiger charge is -2.28. The number of aromatic nitrogens is 1. The van der Waals surface area contributed by atoms with E-state index in [1.165, 1.54) is 18.4 Å². The second-order valence-corrected chi connectivity index (χ2v) is 5.20.